The quantitative estimate of drug-likeness (QED) is 0.513. The van der Waals surface area contributed by atoms with E-state index in [4.69, 9.17) is 9.47 Å². The van der Waals surface area contributed by atoms with Crippen LogP contribution in [0.5, 0.6) is 0 Å². The summed E-state index contributed by atoms with van der Waals surface area (Å²) in [5.74, 6) is -1.98. The monoisotopic (exact) mass is 480 g/mol. The van der Waals surface area contributed by atoms with E-state index in [1.54, 1.807) is 0 Å². The number of hydrogen-bond acceptors (Lipinski definition) is 7. The lowest BCUT2D eigenvalue weighted by molar-refractivity contribution is -0.147. The van der Waals surface area contributed by atoms with E-state index >= 15 is 0 Å². The van der Waals surface area contributed by atoms with E-state index in [9.17, 15) is 9.59 Å². The summed E-state index contributed by atoms with van der Waals surface area (Å²) < 4.78 is 11.3. The maximum absolute atomic E-state index is 13.8. The van der Waals surface area contributed by atoms with Gasteiger partial charge in [0.25, 0.3) is 0 Å². The summed E-state index contributed by atoms with van der Waals surface area (Å²) in [6.45, 7) is 6.29. The average Bonchev–Trinajstić information content (AvgIpc) is 3.38. The third-order valence-electron chi connectivity index (χ3n) is 6.70. The molecule has 1 aromatic carbocycles. The summed E-state index contributed by atoms with van der Waals surface area (Å²) in [4.78, 5) is 33.5. The number of thiophene rings is 1. The number of hydrogen-bond donors (Lipinski definition) is 0. The van der Waals surface area contributed by atoms with Crippen molar-refractivity contribution in [3.05, 3.63) is 69.6 Å². The molecule has 3 heterocycles. The molecule has 6 nitrogen and oxygen atoms in total. The van der Waals surface area contributed by atoms with Gasteiger partial charge >= 0.3 is 11.9 Å². The van der Waals surface area contributed by atoms with Gasteiger partial charge in [-0.15, -0.1) is 0 Å². The lowest BCUT2D eigenvalue weighted by Gasteiger charge is -2.33. The van der Waals surface area contributed by atoms with Crippen LogP contribution in [0.3, 0.4) is 0 Å². The van der Waals surface area contributed by atoms with Gasteiger partial charge in [-0.05, 0) is 67.7 Å². The second kappa shape index (κ2) is 11.1. The van der Waals surface area contributed by atoms with Crippen LogP contribution in [0.2, 0.25) is 0 Å². The zero-order valence-electron chi connectivity index (χ0n) is 20.0. The number of allylic oxidation sites excluding steroid dienone is 1. The van der Waals surface area contributed by atoms with Crippen LogP contribution in [0.15, 0.2) is 63.4 Å². The fraction of sp³-hybridized carbons (Fsp3) is 0.444. The Morgan fingerprint density at radius 2 is 1.85 bits per heavy atom. The van der Waals surface area contributed by atoms with E-state index in [1.807, 2.05) is 61.0 Å². The van der Waals surface area contributed by atoms with Gasteiger partial charge in [0, 0.05) is 23.9 Å². The largest absolute Gasteiger partial charge is 0.468 e. The first-order valence-electron chi connectivity index (χ1n) is 11.8. The molecule has 34 heavy (non-hydrogen) atoms. The topological polar surface area (TPSA) is 68.2 Å². The minimum atomic E-state index is -0.664. The van der Waals surface area contributed by atoms with E-state index in [0.717, 1.165) is 37.1 Å². The van der Waals surface area contributed by atoms with Gasteiger partial charge in [-0.25, -0.2) is 4.79 Å². The van der Waals surface area contributed by atoms with Crippen LogP contribution in [0.25, 0.3) is 0 Å². The van der Waals surface area contributed by atoms with Crippen molar-refractivity contribution in [2.75, 3.05) is 26.7 Å². The molecule has 2 aliphatic heterocycles. The summed E-state index contributed by atoms with van der Waals surface area (Å²) in [5, 5.41) is 3.92. The highest BCUT2D eigenvalue weighted by Crippen LogP contribution is 2.41. The zero-order chi connectivity index (χ0) is 24.1. The predicted molar refractivity (Wildman–Crippen MR) is 134 cm³/mol. The van der Waals surface area contributed by atoms with Crippen molar-refractivity contribution in [1.82, 2.24) is 4.90 Å². The van der Waals surface area contributed by atoms with Crippen molar-refractivity contribution >= 4 is 29.0 Å². The van der Waals surface area contributed by atoms with Crippen molar-refractivity contribution in [1.29, 1.82) is 0 Å². The summed E-state index contributed by atoms with van der Waals surface area (Å²) in [6, 6.07) is 11.8. The standard InChI is InChI=1S/C27H32N2O4S/c1-18-23(26(30)32-3)25(21-12-15-34-17-21)24(19(2)28-18)27(31)33-22(20-10-6-4-7-11-20)16-29-13-8-5-9-14-29/h4,6-7,10-12,15,17,22-23,25H,5,8-9,13-14,16H2,1-3H3. The Bertz CT molecular complexity index is 1060. The van der Waals surface area contributed by atoms with Gasteiger partial charge in [-0.3, -0.25) is 14.7 Å². The number of piperidine rings is 1. The number of carbonyl (C=O) groups excluding carboxylic acids is 2. The summed E-state index contributed by atoms with van der Waals surface area (Å²) in [6.07, 6.45) is 3.16. The predicted octanol–water partition coefficient (Wildman–Crippen LogP) is 5.14. The average molecular weight is 481 g/mol. The number of carbonyl (C=O) groups is 2. The van der Waals surface area contributed by atoms with Gasteiger partial charge < -0.3 is 9.47 Å². The van der Waals surface area contributed by atoms with Crippen molar-refractivity contribution in [2.45, 2.75) is 45.1 Å². The first-order chi connectivity index (χ1) is 16.5. The molecule has 2 aliphatic rings. The van der Waals surface area contributed by atoms with Gasteiger partial charge in [-0.2, -0.15) is 11.3 Å². The molecule has 1 saturated heterocycles. The Labute approximate surface area is 205 Å². The normalized spacial score (nSPS) is 22.1. The molecule has 0 spiro atoms. The highest BCUT2D eigenvalue weighted by atomic mass is 32.1. The molecule has 2 aromatic rings. The number of likely N-dealkylation sites (tertiary alicyclic amines) is 1. The van der Waals surface area contributed by atoms with Crippen LogP contribution < -0.4 is 0 Å². The SMILES string of the molecule is COC(=O)C1C(C)=NC(C)=C(C(=O)OC(CN2CCCCC2)c2ccccc2)C1c1ccsc1. The van der Waals surface area contributed by atoms with Crippen LogP contribution in [-0.2, 0) is 19.1 Å². The third-order valence-corrected chi connectivity index (χ3v) is 7.40. The first kappa shape index (κ1) is 24.4. The smallest absolute Gasteiger partial charge is 0.337 e. The fourth-order valence-electron chi connectivity index (χ4n) is 4.99. The first-order valence-corrected chi connectivity index (χ1v) is 12.8. The van der Waals surface area contributed by atoms with Gasteiger partial charge in [0.05, 0.1) is 12.7 Å². The number of nitrogens with zero attached hydrogens (tertiary/aromatic N) is 2. The minimum absolute atomic E-state index is 0.400. The van der Waals surface area contributed by atoms with Gasteiger partial charge in [0.15, 0.2) is 0 Å². The van der Waals surface area contributed by atoms with E-state index < -0.39 is 29.9 Å². The van der Waals surface area contributed by atoms with Crippen LogP contribution >= 0.6 is 11.3 Å². The number of benzene rings is 1. The number of ether oxygens (including phenoxy) is 2. The van der Waals surface area contributed by atoms with E-state index in [-0.39, 0.29) is 0 Å². The van der Waals surface area contributed by atoms with Crippen LogP contribution in [0.1, 0.15) is 56.3 Å². The second-order valence-electron chi connectivity index (χ2n) is 8.95. The van der Waals surface area contributed by atoms with Gasteiger partial charge in [0.1, 0.15) is 12.0 Å². The molecular weight excluding hydrogens is 448 g/mol. The van der Waals surface area contributed by atoms with Crippen molar-refractivity contribution in [3.8, 4) is 0 Å². The number of esters is 2. The van der Waals surface area contributed by atoms with Gasteiger partial charge in [-0.1, -0.05) is 36.8 Å². The van der Waals surface area contributed by atoms with E-state index in [2.05, 4.69) is 9.89 Å². The molecular formula is C27H32N2O4S. The highest BCUT2D eigenvalue weighted by Gasteiger charge is 2.43. The molecule has 0 aliphatic carbocycles. The molecule has 180 valence electrons. The van der Waals surface area contributed by atoms with Crippen molar-refractivity contribution in [2.24, 2.45) is 10.9 Å². The third kappa shape index (κ3) is 5.31. The molecule has 0 bridgehead atoms. The maximum Gasteiger partial charge on any atom is 0.337 e. The molecule has 7 heteroatoms. The summed E-state index contributed by atoms with van der Waals surface area (Å²) in [7, 11) is 1.37. The van der Waals surface area contributed by atoms with Crippen molar-refractivity contribution < 1.29 is 19.1 Å². The molecule has 4 rings (SSSR count). The Balaban J connectivity index is 1.67. The Hall–Kier alpha value is -2.77. The molecule has 0 saturated carbocycles. The van der Waals surface area contributed by atoms with E-state index in [1.165, 1.54) is 24.9 Å². The fourth-order valence-corrected chi connectivity index (χ4v) is 5.69. The molecule has 0 radical (unpaired) electrons. The van der Waals surface area contributed by atoms with E-state index in [0.29, 0.717) is 23.5 Å². The molecule has 3 atom stereocenters. The Kier molecular flexibility index (Phi) is 7.95. The minimum Gasteiger partial charge on any atom is -0.468 e. The second-order valence-corrected chi connectivity index (χ2v) is 9.73. The highest BCUT2D eigenvalue weighted by molar-refractivity contribution is 7.08. The molecule has 0 amide bonds. The molecule has 1 fully saturated rings. The molecule has 0 N–H and O–H groups in total. The number of rotatable bonds is 7. The summed E-state index contributed by atoms with van der Waals surface area (Å²) in [5.41, 5.74) is 3.52. The number of aliphatic imine (C=N–C) groups is 1. The lowest BCUT2D eigenvalue weighted by Crippen LogP contribution is -2.38. The lowest BCUT2D eigenvalue weighted by atomic mass is 9.76. The van der Waals surface area contributed by atoms with Crippen molar-refractivity contribution in [3.63, 3.8) is 0 Å². The Morgan fingerprint density at radius 3 is 2.50 bits per heavy atom. The summed E-state index contributed by atoms with van der Waals surface area (Å²) >= 11 is 1.53. The zero-order valence-corrected chi connectivity index (χ0v) is 20.8. The number of methoxy groups -OCH3 is 1. The van der Waals surface area contributed by atoms with Crippen LogP contribution in [0, 0.1) is 5.92 Å². The van der Waals surface area contributed by atoms with Gasteiger partial charge in [0.2, 0.25) is 0 Å². The van der Waals surface area contributed by atoms with Crippen LogP contribution in [0.4, 0.5) is 0 Å². The Morgan fingerprint density at radius 1 is 1.12 bits per heavy atom. The van der Waals surface area contributed by atoms with Crippen LogP contribution in [-0.4, -0.2) is 49.3 Å². The maximum atomic E-state index is 13.8. The molecule has 3 unspecified atom stereocenters. The molecule has 1 aromatic heterocycles.